The minimum absolute atomic E-state index is 0. The van der Waals surface area contributed by atoms with Crippen molar-refractivity contribution in [2.75, 3.05) is 6.66 Å². The molecule has 0 nitrogen and oxygen atoms in total. The second kappa shape index (κ2) is 8.86. The number of hydrogen-bond acceptors (Lipinski definition) is 0. The molecule has 0 heterocycles. The maximum Gasteiger partial charge on any atom is 0 e. The van der Waals surface area contributed by atoms with Crippen molar-refractivity contribution in [2.24, 2.45) is 0 Å². The first kappa shape index (κ1) is 8.99. The fourth-order valence-electron chi connectivity index (χ4n) is 0. The third-order valence-corrected chi connectivity index (χ3v) is 0. The summed E-state index contributed by atoms with van der Waals surface area (Å²) in [5.41, 5.74) is 0. The van der Waals surface area contributed by atoms with Crippen molar-refractivity contribution in [1.82, 2.24) is 0 Å². The molecule has 0 saturated carbocycles. The molecule has 0 unspecified atom stereocenters. The molecule has 0 aliphatic rings. The van der Waals surface area contributed by atoms with Gasteiger partial charge in [-0.15, -0.1) is 8.20 Å². The summed E-state index contributed by atoms with van der Waals surface area (Å²) < 4.78 is 0. The first-order valence-electron chi connectivity index (χ1n) is 0.763. The Morgan fingerprint density at radius 3 is 1.75 bits per heavy atom. The van der Waals surface area contributed by atoms with Gasteiger partial charge in [-0.1, -0.05) is 6.30 Å². The largest absolute Gasteiger partial charge is 0.116 e. The molecule has 0 fully saturated rings. The molecule has 0 N–H and O–H groups in total. The topological polar surface area (TPSA) is 0 Å². The van der Waals surface area contributed by atoms with Crippen molar-refractivity contribution >= 4 is 14.5 Å². The third-order valence-electron chi connectivity index (χ3n) is 0. The van der Waals surface area contributed by atoms with E-state index in [0.29, 0.717) is 0 Å². The van der Waals surface area contributed by atoms with E-state index in [1.807, 2.05) is 6.66 Å². The summed E-state index contributed by atoms with van der Waals surface area (Å²) in [6.07, 6.45) is 3.46. The fourth-order valence-corrected chi connectivity index (χ4v) is 0. The molecule has 0 saturated heterocycles. The first-order chi connectivity index (χ1) is 1.41. The maximum atomic E-state index is 3.46. The molecule has 0 atom stereocenters. The van der Waals surface area contributed by atoms with Gasteiger partial charge < -0.3 is 0 Å². The van der Waals surface area contributed by atoms with Gasteiger partial charge in [-0.25, -0.2) is 0 Å². The van der Waals surface area contributed by atoms with E-state index < -0.39 is 0 Å². The molecule has 2 heteroatoms. The van der Waals surface area contributed by atoms with Crippen LogP contribution in [0.3, 0.4) is 0 Å². The van der Waals surface area contributed by atoms with E-state index in [2.05, 4.69) is 6.30 Å². The molecule has 0 aromatic heterocycles. The minimum Gasteiger partial charge on any atom is -0.116 e. The number of hydrogen-bond donors (Lipinski definition) is 0. The summed E-state index contributed by atoms with van der Waals surface area (Å²) in [6.45, 7) is 1.99. The summed E-state index contributed by atoms with van der Waals surface area (Å²) in [5.74, 6) is 0. The molecule has 21 valence electrons. The van der Waals surface area contributed by atoms with E-state index in [4.69, 9.17) is 0 Å². The second-order valence-corrected chi connectivity index (χ2v) is 0.949. The zero-order chi connectivity index (χ0) is 2.71. The fraction of sp³-hybridized carbons (Fsp3) is 0.500. The van der Waals surface area contributed by atoms with Crippen LogP contribution in [-0.4, -0.2) is 13.0 Å². The van der Waals surface area contributed by atoms with Gasteiger partial charge in [0.15, 0.2) is 0 Å². The Kier molecular flexibility index (Phi) is 19.9. The van der Waals surface area contributed by atoms with Crippen molar-refractivity contribution in [3.05, 3.63) is 0 Å². The Balaban J connectivity index is 0. The predicted molar refractivity (Wildman–Crippen MR) is 20.0 cm³/mol. The van der Waals surface area contributed by atoms with Crippen LogP contribution in [-0.2, 0) is 32.7 Å². The molecular formula is C2H5PY. The van der Waals surface area contributed by atoms with Crippen LogP contribution in [0.4, 0.5) is 0 Å². The van der Waals surface area contributed by atoms with Crippen LogP contribution in [0, 0.1) is 0 Å². The average Bonchev–Trinajstić information content (AvgIpc) is 0.918. The zero-order valence-electron chi connectivity index (χ0n) is 2.73. The second-order valence-electron chi connectivity index (χ2n) is 0.316. The molecule has 0 rings (SSSR count). The maximum absolute atomic E-state index is 3.46. The molecule has 0 bridgehead atoms. The summed E-state index contributed by atoms with van der Waals surface area (Å²) in [5, 5.41) is 0. The van der Waals surface area contributed by atoms with Gasteiger partial charge in [-0.05, 0) is 6.66 Å². The molecule has 0 spiro atoms. The third kappa shape index (κ3) is 10.4. The van der Waals surface area contributed by atoms with Crippen LogP contribution < -0.4 is 0 Å². The molecule has 0 aliphatic heterocycles. The predicted octanol–water partition coefficient (Wildman–Crippen LogP) is 0.992. The van der Waals surface area contributed by atoms with E-state index in [1.54, 1.807) is 0 Å². The van der Waals surface area contributed by atoms with Crippen LogP contribution >= 0.6 is 8.20 Å². The zero-order valence-corrected chi connectivity index (χ0v) is 6.46. The van der Waals surface area contributed by atoms with Crippen LogP contribution in [0.2, 0.25) is 0 Å². The van der Waals surface area contributed by atoms with Gasteiger partial charge in [0, 0.05) is 32.7 Å². The van der Waals surface area contributed by atoms with Crippen molar-refractivity contribution in [3.8, 4) is 0 Å². The summed E-state index contributed by atoms with van der Waals surface area (Å²) in [4.78, 5) is 0. The Morgan fingerprint density at radius 2 is 1.75 bits per heavy atom. The van der Waals surface area contributed by atoms with E-state index in [9.17, 15) is 0 Å². The van der Waals surface area contributed by atoms with Crippen molar-refractivity contribution in [1.29, 1.82) is 0 Å². The van der Waals surface area contributed by atoms with E-state index in [-0.39, 0.29) is 32.7 Å². The smallest absolute Gasteiger partial charge is 0 e. The first-order valence-corrected chi connectivity index (χ1v) is 2.29. The van der Waals surface area contributed by atoms with Crippen LogP contribution in [0.5, 0.6) is 0 Å². The van der Waals surface area contributed by atoms with E-state index in [1.165, 1.54) is 8.20 Å². The monoisotopic (exact) mass is 149 g/mol. The number of rotatable bonds is 0. The Morgan fingerprint density at radius 1 is 1.75 bits per heavy atom. The molecule has 1 radical (unpaired) electrons. The molecule has 0 aromatic carbocycles. The van der Waals surface area contributed by atoms with Crippen LogP contribution in [0.1, 0.15) is 0 Å². The molecule has 4 heavy (non-hydrogen) atoms. The minimum atomic E-state index is 0. The van der Waals surface area contributed by atoms with Gasteiger partial charge in [0.05, 0.1) is 0 Å². The molecular weight excluding hydrogens is 144 g/mol. The van der Waals surface area contributed by atoms with Crippen molar-refractivity contribution in [3.63, 3.8) is 0 Å². The van der Waals surface area contributed by atoms with Crippen LogP contribution in [0.15, 0.2) is 0 Å². The Hall–Kier alpha value is 1.27. The molecule has 0 amide bonds. The van der Waals surface area contributed by atoms with Gasteiger partial charge in [0.2, 0.25) is 0 Å². The van der Waals surface area contributed by atoms with Gasteiger partial charge in [0.25, 0.3) is 0 Å². The standard InChI is InChI=1S/C2H5P.Y/c1-3-2;/h1H2,2H3;. The summed E-state index contributed by atoms with van der Waals surface area (Å²) in [7, 11) is 1.17. The Labute approximate surface area is 53.7 Å². The molecule has 0 aromatic rings. The SMILES string of the molecule is C=PC.[Y]. The quantitative estimate of drug-likeness (QED) is 0.450. The van der Waals surface area contributed by atoms with Crippen molar-refractivity contribution < 1.29 is 32.7 Å². The van der Waals surface area contributed by atoms with Gasteiger partial charge >= 0.3 is 0 Å². The van der Waals surface area contributed by atoms with Gasteiger partial charge in [0.1, 0.15) is 0 Å². The van der Waals surface area contributed by atoms with E-state index >= 15 is 0 Å². The Bertz CT molecular complexity index is 13.5. The van der Waals surface area contributed by atoms with Gasteiger partial charge in [-0.3, -0.25) is 0 Å². The average molecular weight is 149 g/mol. The van der Waals surface area contributed by atoms with Crippen molar-refractivity contribution in [2.45, 2.75) is 0 Å². The van der Waals surface area contributed by atoms with E-state index in [0.717, 1.165) is 0 Å². The van der Waals surface area contributed by atoms with Crippen LogP contribution in [0.25, 0.3) is 0 Å². The summed E-state index contributed by atoms with van der Waals surface area (Å²) in [6, 6.07) is 0. The molecule has 0 aliphatic carbocycles. The normalized spacial score (nSPS) is 5.25. The summed E-state index contributed by atoms with van der Waals surface area (Å²) >= 11 is 0. The van der Waals surface area contributed by atoms with Gasteiger partial charge in [-0.2, -0.15) is 0 Å².